The van der Waals surface area contributed by atoms with Gasteiger partial charge in [0.2, 0.25) is 0 Å². The first kappa shape index (κ1) is 25.0. The Bertz CT molecular complexity index is 1830. The molecule has 0 atom stereocenters. The number of nitrogens with zero attached hydrogens (tertiary/aromatic N) is 8. The smallest absolute Gasteiger partial charge is 0.0893 e. The van der Waals surface area contributed by atoms with Crippen molar-refractivity contribution in [1.29, 1.82) is 0 Å². The van der Waals surface area contributed by atoms with Crippen molar-refractivity contribution in [2.45, 2.75) is 0 Å². The highest BCUT2D eigenvalue weighted by molar-refractivity contribution is 5.85. The fraction of sp³-hybridized carbons (Fsp3) is 0. The first-order chi connectivity index (χ1) is 20.8. The molecule has 0 aromatic carbocycles. The zero-order valence-corrected chi connectivity index (χ0v) is 22.3. The summed E-state index contributed by atoms with van der Waals surface area (Å²) in [6.45, 7) is 0. The first-order valence-corrected chi connectivity index (χ1v) is 13.3. The molecule has 8 heteroatoms. The van der Waals surface area contributed by atoms with E-state index in [9.17, 15) is 0 Å². The Kier molecular flexibility index (Phi) is 6.68. The van der Waals surface area contributed by atoms with Gasteiger partial charge in [-0.2, -0.15) is 0 Å². The lowest BCUT2D eigenvalue weighted by atomic mass is 9.98. The Hall–Kier alpha value is -6.02. The molecule has 0 aliphatic rings. The van der Waals surface area contributed by atoms with Gasteiger partial charge in [0, 0.05) is 130 Å². The van der Waals surface area contributed by atoms with Crippen molar-refractivity contribution in [3.63, 3.8) is 0 Å². The number of pyridine rings is 6. The van der Waals surface area contributed by atoms with E-state index in [1.165, 1.54) is 0 Å². The second-order valence-corrected chi connectivity index (χ2v) is 9.54. The molecular formula is C34H22N8. The van der Waals surface area contributed by atoms with E-state index in [-0.39, 0.29) is 0 Å². The Morgan fingerprint density at radius 2 is 0.738 bits per heavy atom. The highest BCUT2D eigenvalue weighted by Crippen LogP contribution is 2.34. The van der Waals surface area contributed by atoms with E-state index in [0.717, 1.165) is 67.0 Å². The van der Waals surface area contributed by atoms with Crippen molar-refractivity contribution in [3.05, 3.63) is 135 Å². The quantitative estimate of drug-likeness (QED) is 0.225. The molecule has 7 aromatic rings. The van der Waals surface area contributed by atoms with E-state index in [1.807, 2.05) is 86.0 Å². The van der Waals surface area contributed by atoms with Crippen LogP contribution in [0.5, 0.6) is 0 Å². The fourth-order valence-electron chi connectivity index (χ4n) is 4.86. The van der Waals surface area contributed by atoms with Gasteiger partial charge in [-0.05, 0) is 36.4 Å². The summed E-state index contributed by atoms with van der Waals surface area (Å²) in [5.41, 5.74) is 10.9. The molecule has 7 rings (SSSR count). The Labute approximate surface area is 242 Å². The monoisotopic (exact) mass is 542 g/mol. The molecule has 0 aliphatic carbocycles. The molecular weight excluding hydrogens is 520 g/mol. The van der Waals surface area contributed by atoms with Gasteiger partial charge in [0.25, 0.3) is 0 Å². The third-order valence-electron chi connectivity index (χ3n) is 6.93. The van der Waals surface area contributed by atoms with Gasteiger partial charge in [-0.25, -0.2) is 0 Å². The van der Waals surface area contributed by atoms with Crippen LogP contribution < -0.4 is 0 Å². The van der Waals surface area contributed by atoms with E-state index < -0.39 is 0 Å². The lowest BCUT2D eigenvalue weighted by Gasteiger charge is -2.12. The number of hydrogen-bond donors (Lipinski definition) is 0. The third-order valence-corrected chi connectivity index (χ3v) is 6.93. The van der Waals surface area contributed by atoms with Crippen LogP contribution in [0.15, 0.2) is 135 Å². The molecule has 0 radical (unpaired) electrons. The summed E-state index contributed by atoms with van der Waals surface area (Å²) in [6.07, 6.45) is 25.3. The summed E-state index contributed by atoms with van der Waals surface area (Å²) in [4.78, 5) is 35.9. The minimum Gasteiger partial charge on any atom is -0.264 e. The summed E-state index contributed by atoms with van der Waals surface area (Å²) >= 11 is 0. The zero-order chi connectivity index (χ0) is 28.1. The lowest BCUT2D eigenvalue weighted by molar-refractivity contribution is 1.19. The van der Waals surface area contributed by atoms with Crippen LogP contribution in [0.25, 0.3) is 67.0 Å². The van der Waals surface area contributed by atoms with Crippen molar-refractivity contribution >= 4 is 0 Å². The summed E-state index contributed by atoms with van der Waals surface area (Å²) in [6, 6.07) is 15.9. The average Bonchev–Trinajstić information content (AvgIpc) is 3.09. The molecule has 7 heterocycles. The van der Waals surface area contributed by atoms with Gasteiger partial charge in [-0.1, -0.05) is 12.1 Å². The molecule has 0 bridgehead atoms. The van der Waals surface area contributed by atoms with Crippen LogP contribution in [-0.2, 0) is 0 Å². The van der Waals surface area contributed by atoms with Crippen LogP contribution in [0.4, 0.5) is 0 Å². The summed E-state index contributed by atoms with van der Waals surface area (Å²) in [7, 11) is 0. The largest absolute Gasteiger partial charge is 0.264 e. The summed E-state index contributed by atoms with van der Waals surface area (Å²) in [5.74, 6) is 0. The highest BCUT2D eigenvalue weighted by atomic mass is 14.8. The van der Waals surface area contributed by atoms with Gasteiger partial charge in [-0.15, -0.1) is 0 Å². The van der Waals surface area contributed by atoms with Gasteiger partial charge in [-0.3, -0.25) is 39.9 Å². The van der Waals surface area contributed by atoms with Gasteiger partial charge < -0.3 is 0 Å². The van der Waals surface area contributed by atoms with Crippen molar-refractivity contribution in [2.75, 3.05) is 0 Å². The van der Waals surface area contributed by atoms with Crippen LogP contribution in [0.2, 0.25) is 0 Å². The molecule has 0 unspecified atom stereocenters. The van der Waals surface area contributed by atoms with Crippen LogP contribution in [-0.4, -0.2) is 39.9 Å². The number of hydrogen-bond acceptors (Lipinski definition) is 8. The van der Waals surface area contributed by atoms with Gasteiger partial charge >= 0.3 is 0 Å². The molecule has 0 fully saturated rings. The molecule has 198 valence electrons. The Morgan fingerprint density at radius 1 is 0.310 bits per heavy atom. The van der Waals surface area contributed by atoms with Gasteiger partial charge in [0.05, 0.1) is 23.8 Å². The van der Waals surface area contributed by atoms with E-state index in [0.29, 0.717) is 0 Å². The van der Waals surface area contributed by atoms with Crippen molar-refractivity contribution in [2.24, 2.45) is 0 Å². The Balaban J connectivity index is 1.23. The van der Waals surface area contributed by atoms with Crippen LogP contribution in [0.3, 0.4) is 0 Å². The molecule has 0 saturated carbocycles. The van der Waals surface area contributed by atoms with Gasteiger partial charge in [0.15, 0.2) is 0 Å². The molecule has 0 spiro atoms. The molecule has 0 saturated heterocycles. The molecule has 8 nitrogen and oxygen atoms in total. The standard InChI is InChI=1S/C34H22N8/c1-3-23(13-35-7-1)25-11-27(17-39-15-25)31-19-37-9-5-29(31)33-21-42-34(22-41-33)30-6-10-38-20-32(30)28-12-26(16-40-18-28)24-4-2-8-36-14-24/h1-22H. The van der Waals surface area contributed by atoms with Crippen LogP contribution in [0.1, 0.15) is 0 Å². The molecule has 7 aromatic heterocycles. The predicted molar refractivity (Wildman–Crippen MR) is 161 cm³/mol. The van der Waals surface area contributed by atoms with E-state index in [1.54, 1.807) is 37.2 Å². The van der Waals surface area contributed by atoms with Crippen molar-refractivity contribution in [3.8, 4) is 67.0 Å². The van der Waals surface area contributed by atoms with E-state index in [2.05, 4.69) is 42.0 Å². The maximum absolute atomic E-state index is 4.83. The van der Waals surface area contributed by atoms with Crippen molar-refractivity contribution < 1.29 is 0 Å². The fourth-order valence-corrected chi connectivity index (χ4v) is 4.86. The first-order valence-electron chi connectivity index (χ1n) is 13.3. The SMILES string of the molecule is c1cncc(-c2cncc(-c3cnccc3-c3cnc(-c4ccncc4-c4cncc(-c5cccnc5)c4)cn3)c2)c1. The topological polar surface area (TPSA) is 103 Å². The summed E-state index contributed by atoms with van der Waals surface area (Å²) in [5, 5.41) is 0. The Morgan fingerprint density at radius 3 is 1.17 bits per heavy atom. The van der Waals surface area contributed by atoms with Gasteiger partial charge in [0.1, 0.15) is 0 Å². The van der Waals surface area contributed by atoms with E-state index in [4.69, 9.17) is 9.97 Å². The normalized spacial score (nSPS) is 10.9. The number of rotatable bonds is 6. The second-order valence-electron chi connectivity index (χ2n) is 9.54. The number of aromatic nitrogens is 8. The zero-order valence-electron chi connectivity index (χ0n) is 22.3. The predicted octanol–water partition coefficient (Wildman–Crippen LogP) is 6.85. The maximum atomic E-state index is 4.83. The molecule has 42 heavy (non-hydrogen) atoms. The molecule has 0 aliphatic heterocycles. The third kappa shape index (κ3) is 5.00. The minimum atomic E-state index is 0.735. The molecule has 0 amide bonds. The lowest BCUT2D eigenvalue weighted by Crippen LogP contribution is -1.95. The highest BCUT2D eigenvalue weighted by Gasteiger charge is 2.14. The van der Waals surface area contributed by atoms with Crippen molar-refractivity contribution in [1.82, 2.24) is 39.9 Å². The maximum Gasteiger partial charge on any atom is 0.0893 e. The minimum absolute atomic E-state index is 0.735. The summed E-state index contributed by atoms with van der Waals surface area (Å²) < 4.78 is 0. The van der Waals surface area contributed by atoms with E-state index >= 15 is 0 Å². The molecule has 0 N–H and O–H groups in total. The van der Waals surface area contributed by atoms with Crippen LogP contribution >= 0.6 is 0 Å². The second kappa shape index (κ2) is 11.2. The van der Waals surface area contributed by atoms with Crippen LogP contribution in [0, 0.1) is 0 Å². The average molecular weight is 543 g/mol.